The van der Waals surface area contributed by atoms with Crippen molar-refractivity contribution in [2.24, 2.45) is 0 Å². The van der Waals surface area contributed by atoms with Crippen LogP contribution in [0.15, 0.2) is 36.5 Å². The summed E-state index contributed by atoms with van der Waals surface area (Å²) in [5.41, 5.74) is 0. The number of esters is 1. The molecule has 0 saturated heterocycles. The Morgan fingerprint density at radius 1 is 0.534 bits per heavy atom. The standard InChI is InChI=1S/C49H94NO7P/c1-6-8-10-12-14-16-18-20-21-22-23-24-25-26-27-28-29-30-32-34-36-38-40-42-49(51)57-48(47-56-58(52,53)55-45-43-50(3,4)5)46-54-44-41-39-37-35-33-31-19-17-15-13-11-9-7-2/h18,20,22-23,25-26,48H,6-17,19,21,24,27-47H2,1-5H3/p+1/b20-18-,23-22-,26-25-. The molecule has 2 atom stereocenters. The molecule has 342 valence electrons. The van der Waals surface area contributed by atoms with E-state index in [1.807, 2.05) is 21.1 Å². The molecule has 2 unspecified atom stereocenters. The highest BCUT2D eigenvalue weighted by molar-refractivity contribution is 7.47. The predicted octanol–water partition coefficient (Wildman–Crippen LogP) is 14.6. The Morgan fingerprint density at radius 2 is 0.948 bits per heavy atom. The second-order valence-electron chi connectivity index (χ2n) is 17.5. The van der Waals surface area contributed by atoms with Crippen molar-refractivity contribution < 1.29 is 37.3 Å². The quantitative estimate of drug-likeness (QED) is 0.0215. The Bertz CT molecular complexity index is 1020. The first kappa shape index (κ1) is 56.7. The summed E-state index contributed by atoms with van der Waals surface area (Å²) in [6.07, 6.45) is 50.3. The topological polar surface area (TPSA) is 91.3 Å². The van der Waals surface area contributed by atoms with Gasteiger partial charge in [0.25, 0.3) is 0 Å². The highest BCUT2D eigenvalue weighted by Gasteiger charge is 2.26. The highest BCUT2D eigenvalue weighted by Crippen LogP contribution is 2.43. The predicted molar refractivity (Wildman–Crippen MR) is 247 cm³/mol. The molecular weight excluding hydrogens is 746 g/mol. The number of allylic oxidation sites excluding steroid dienone is 6. The zero-order valence-electron chi connectivity index (χ0n) is 38.8. The third-order valence-corrected chi connectivity index (χ3v) is 11.4. The van der Waals surface area contributed by atoms with Crippen molar-refractivity contribution in [2.75, 3.05) is 54.1 Å². The number of rotatable bonds is 45. The van der Waals surface area contributed by atoms with Crippen LogP contribution in [0, 0.1) is 0 Å². The monoisotopic (exact) mass is 841 g/mol. The minimum absolute atomic E-state index is 0.0879. The summed E-state index contributed by atoms with van der Waals surface area (Å²) in [6.45, 7) is 5.63. The number of carbonyl (C=O) groups is 1. The van der Waals surface area contributed by atoms with E-state index in [2.05, 4.69) is 50.3 Å². The van der Waals surface area contributed by atoms with Crippen LogP contribution in [-0.4, -0.2) is 75.6 Å². The molecule has 0 aromatic heterocycles. The van der Waals surface area contributed by atoms with E-state index in [9.17, 15) is 14.3 Å². The molecule has 0 radical (unpaired) electrons. The van der Waals surface area contributed by atoms with Gasteiger partial charge in [0.1, 0.15) is 19.3 Å². The summed E-state index contributed by atoms with van der Waals surface area (Å²) in [5, 5.41) is 0. The van der Waals surface area contributed by atoms with Gasteiger partial charge in [-0.05, 0) is 51.4 Å². The molecule has 0 aliphatic heterocycles. The summed E-state index contributed by atoms with van der Waals surface area (Å²) in [5.74, 6) is -0.319. The first-order valence-corrected chi connectivity index (χ1v) is 25.7. The molecule has 0 spiro atoms. The zero-order valence-corrected chi connectivity index (χ0v) is 39.7. The molecule has 0 saturated carbocycles. The smallest absolute Gasteiger partial charge is 0.457 e. The number of hydrogen-bond acceptors (Lipinski definition) is 6. The molecule has 0 heterocycles. The van der Waals surface area contributed by atoms with Crippen molar-refractivity contribution in [3.05, 3.63) is 36.5 Å². The summed E-state index contributed by atoms with van der Waals surface area (Å²) >= 11 is 0. The Labute approximate surface area is 359 Å². The number of phosphoric acid groups is 1. The fourth-order valence-corrected chi connectivity index (χ4v) is 7.42. The van der Waals surface area contributed by atoms with Crippen molar-refractivity contribution >= 4 is 13.8 Å². The SMILES string of the molecule is CCCCCCC/C=C\C/C=C\C/C=C\CCCCCCCCCCC(=O)OC(COCCCCCCCCCCCCCCC)COP(=O)(O)OCC[N+](C)(C)C. The molecular formula is C49H95NO7P+. The van der Waals surface area contributed by atoms with Crippen LogP contribution in [-0.2, 0) is 27.9 Å². The maximum atomic E-state index is 12.7. The van der Waals surface area contributed by atoms with Crippen molar-refractivity contribution in [2.45, 2.75) is 219 Å². The number of phosphoric ester groups is 1. The van der Waals surface area contributed by atoms with Crippen LogP contribution in [0.2, 0.25) is 0 Å². The van der Waals surface area contributed by atoms with E-state index in [1.165, 1.54) is 141 Å². The van der Waals surface area contributed by atoms with Gasteiger partial charge in [-0.3, -0.25) is 13.8 Å². The molecule has 0 bridgehead atoms. The van der Waals surface area contributed by atoms with Crippen molar-refractivity contribution in [1.82, 2.24) is 0 Å². The Balaban J connectivity index is 4.15. The molecule has 9 heteroatoms. The number of likely N-dealkylation sites (N-methyl/N-ethyl adjacent to an activating group) is 1. The van der Waals surface area contributed by atoms with Gasteiger partial charge in [-0.25, -0.2) is 4.57 Å². The lowest BCUT2D eigenvalue weighted by atomic mass is 10.0. The van der Waals surface area contributed by atoms with Gasteiger partial charge in [0.05, 0.1) is 34.4 Å². The van der Waals surface area contributed by atoms with Gasteiger partial charge in [-0.2, -0.15) is 0 Å². The van der Waals surface area contributed by atoms with Crippen LogP contribution in [0.25, 0.3) is 0 Å². The molecule has 0 amide bonds. The molecule has 0 aliphatic rings. The lowest BCUT2D eigenvalue weighted by Crippen LogP contribution is -2.37. The molecule has 1 N–H and O–H groups in total. The van der Waals surface area contributed by atoms with Crippen LogP contribution in [0.3, 0.4) is 0 Å². The van der Waals surface area contributed by atoms with Crippen LogP contribution >= 0.6 is 7.82 Å². The van der Waals surface area contributed by atoms with Gasteiger partial charge in [-0.15, -0.1) is 0 Å². The molecule has 0 fully saturated rings. The molecule has 58 heavy (non-hydrogen) atoms. The second kappa shape index (κ2) is 42.4. The third-order valence-electron chi connectivity index (χ3n) is 10.5. The number of ether oxygens (including phenoxy) is 2. The van der Waals surface area contributed by atoms with Crippen molar-refractivity contribution in [3.8, 4) is 0 Å². The van der Waals surface area contributed by atoms with Crippen LogP contribution in [0.4, 0.5) is 0 Å². The maximum absolute atomic E-state index is 12.7. The number of unbranched alkanes of at least 4 members (excludes halogenated alkanes) is 25. The highest BCUT2D eigenvalue weighted by atomic mass is 31.2. The van der Waals surface area contributed by atoms with E-state index in [0.717, 1.165) is 51.4 Å². The minimum Gasteiger partial charge on any atom is -0.457 e. The van der Waals surface area contributed by atoms with Crippen LogP contribution in [0.5, 0.6) is 0 Å². The zero-order chi connectivity index (χ0) is 42.7. The lowest BCUT2D eigenvalue weighted by Gasteiger charge is -2.24. The average molecular weight is 841 g/mol. The van der Waals surface area contributed by atoms with Gasteiger partial charge < -0.3 is 18.9 Å². The Kier molecular flexibility index (Phi) is 41.5. The minimum atomic E-state index is -4.28. The van der Waals surface area contributed by atoms with E-state index in [1.54, 1.807) is 0 Å². The molecule has 0 aromatic carbocycles. The van der Waals surface area contributed by atoms with Crippen molar-refractivity contribution in [1.29, 1.82) is 0 Å². The third kappa shape index (κ3) is 45.8. The fraction of sp³-hybridized carbons (Fsp3) is 0.857. The summed E-state index contributed by atoms with van der Waals surface area (Å²) in [7, 11) is 1.67. The number of hydrogen-bond donors (Lipinski definition) is 1. The van der Waals surface area contributed by atoms with Crippen LogP contribution < -0.4 is 0 Å². The van der Waals surface area contributed by atoms with Gasteiger partial charge in [0, 0.05) is 13.0 Å². The Hall–Kier alpha value is -1.28. The fourth-order valence-electron chi connectivity index (χ4n) is 6.68. The number of quaternary nitrogens is 1. The number of carbonyl (C=O) groups excluding carboxylic acids is 1. The average Bonchev–Trinajstić information content (AvgIpc) is 3.18. The van der Waals surface area contributed by atoms with E-state index >= 15 is 0 Å². The first-order valence-electron chi connectivity index (χ1n) is 24.2. The maximum Gasteiger partial charge on any atom is 0.472 e. The van der Waals surface area contributed by atoms with Gasteiger partial charge in [0.2, 0.25) is 0 Å². The van der Waals surface area contributed by atoms with Crippen LogP contribution in [0.1, 0.15) is 213 Å². The summed E-state index contributed by atoms with van der Waals surface area (Å²) in [6, 6.07) is 0. The van der Waals surface area contributed by atoms with E-state index in [-0.39, 0.29) is 25.8 Å². The molecule has 0 aliphatic carbocycles. The summed E-state index contributed by atoms with van der Waals surface area (Å²) < 4.78 is 35.1. The van der Waals surface area contributed by atoms with Gasteiger partial charge >= 0.3 is 13.8 Å². The Morgan fingerprint density at radius 3 is 1.41 bits per heavy atom. The lowest BCUT2D eigenvalue weighted by molar-refractivity contribution is -0.870. The van der Waals surface area contributed by atoms with Crippen molar-refractivity contribution in [3.63, 3.8) is 0 Å². The molecule has 0 rings (SSSR count). The van der Waals surface area contributed by atoms with Gasteiger partial charge in [0.15, 0.2) is 0 Å². The summed E-state index contributed by atoms with van der Waals surface area (Å²) in [4.78, 5) is 22.9. The van der Waals surface area contributed by atoms with E-state index in [0.29, 0.717) is 24.1 Å². The second-order valence-corrected chi connectivity index (χ2v) is 19.0. The first-order chi connectivity index (χ1) is 28.1. The van der Waals surface area contributed by atoms with E-state index in [4.69, 9.17) is 18.5 Å². The normalized spacial score (nSPS) is 14.0. The number of nitrogens with zero attached hydrogens (tertiary/aromatic N) is 1. The van der Waals surface area contributed by atoms with Gasteiger partial charge in [-0.1, -0.05) is 192 Å². The molecule has 0 aromatic rings. The largest absolute Gasteiger partial charge is 0.472 e. The van der Waals surface area contributed by atoms with E-state index < -0.39 is 13.9 Å². The molecule has 8 nitrogen and oxygen atoms in total.